The lowest BCUT2D eigenvalue weighted by Gasteiger charge is -2.18. The minimum atomic E-state index is -5.08. The Labute approximate surface area is 141 Å². The zero-order valence-corrected chi connectivity index (χ0v) is 13.5. The van der Waals surface area contributed by atoms with Crippen LogP contribution < -0.4 is 5.32 Å². The molecule has 2 rings (SSSR count). The fraction of sp³-hybridized carbons (Fsp3) is 0.467. The number of ether oxygens (including phenoxy) is 1. The van der Waals surface area contributed by atoms with Gasteiger partial charge in [-0.3, -0.25) is 4.79 Å². The maximum Gasteiger partial charge on any atom is 0.490 e. The average Bonchev–Trinajstić information content (AvgIpc) is 2.97. The molecule has 0 bridgehead atoms. The van der Waals surface area contributed by atoms with Gasteiger partial charge in [-0.2, -0.15) is 13.2 Å². The molecule has 0 unspecified atom stereocenters. The first kappa shape index (κ1) is 20.2. The zero-order chi connectivity index (χ0) is 18.3. The van der Waals surface area contributed by atoms with Crippen LogP contribution in [0.4, 0.5) is 13.2 Å². The van der Waals surface area contributed by atoms with Crippen LogP contribution in [-0.4, -0.2) is 42.9 Å². The van der Waals surface area contributed by atoms with Gasteiger partial charge in [-0.1, -0.05) is 29.8 Å². The van der Waals surface area contributed by atoms with E-state index in [4.69, 9.17) is 26.2 Å². The number of carbonyl (C=O) groups is 2. The number of nitrogens with one attached hydrogen (secondary N) is 1. The van der Waals surface area contributed by atoms with Crippen molar-refractivity contribution in [3.63, 3.8) is 0 Å². The quantitative estimate of drug-likeness (QED) is 0.803. The number of hydrogen-bond acceptors (Lipinski definition) is 4. The second kappa shape index (κ2) is 8.89. The van der Waals surface area contributed by atoms with Gasteiger partial charge < -0.3 is 15.2 Å². The van der Waals surface area contributed by atoms with E-state index in [1.54, 1.807) is 0 Å². The molecule has 134 valence electrons. The highest BCUT2D eigenvalue weighted by Gasteiger charge is 2.38. The van der Waals surface area contributed by atoms with E-state index in [9.17, 15) is 18.0 Å². The molecule has 1 aliphatic rings. The van der Waals surface area contributed by atoms with Crippen molar-refractivity contribution in [2.24, 2.45) is 5.92 Å². The molecule has 2 atom stereocenters. The van der Waals surface area contributed by atoms with E-state index >= 15 is 0 Å². The van der Waals surface area contributed by atoms with Gasteiger partial charge in [0.05, 0.1) is 12.5 Å². The molecule has 0 radical (unpaired) electrons. The highest BCUT2D eigenvalue weighted by atomic mass is 35.5. The number of carboxylic acids is 1. The van der Waals surface area contributed by atoms with E-state index in [0.29, 0.717) is 13.2 Å². The molecule has 1 heterocycles. The topological polar surface area (TPSA) is 75.6 Å². The largest absolute Gasteiger partial charge is 0.490 e. The fourth-order valence-corrected chi connectivity index (χ4v) is 2.55. The first-order valence-corrected chi connectivity index (χ1v) is 7.48. The summed E-state index contributed by atoms with van der Waals surface area (Å²) in [6.07, 6.45) is -5.08. The van der Waals surface area contributed by atoms with Crippen LogP contribution in [-0.2, 0) is 14.3 Å². The van der Waals surface area contributed by atoms with E-state index in [2.05, 4.69) is 5.32 Å². The van der Waals surface area contributed by atoms with Gasteiger partial charge in [0, 0.05) is 24.0 Å². The highest BCUT2D eigenvalue weighted by Crippen LogP contribution is 2.33. The molecule has 9 heteroatoms. The molecular weight excluding hydrogens is 351 g/mol. The maximum atomic E-state index is 11.8. The van der Waals surface area contributed by atoms with Crippen LogP contribution in [0.3, 0.4) is 0 Å². The maximum absolute atomic E-state index is 11.8. The van der Waals surface area contributed by atoms with E-state index in [1.165, 1.54) is 0 Å². The van der Waals surface area contributed by atoms with E-state index in [1.807, 2.05) is 31.2 Å². The van der Waals surface area contributed by atoms with Crippen molar-refractivity contribution >= 4 is 23.5 Å². The van der Waals surface area contributed by atoms with E-state index in [0.717, 1.165) is 17.1 Å². The first-order valence-electron chi connectivity index (χ1n) is 7.10. The predicted molar refractivity (Wildman–Crippen MR) is 80.9 cm³/mol. The Morgan fingerprint density at radius 1 is 1.33 bits per heavy atom. The van der Waals surface area contributed by atoms with E-state index in [-0.39, 0.29) is 17.8 Å². The third-order valence-electron chi connectivity index (χ3n) is 3.35. The SMILES string of the molecule is CCOC(=O)[C@H]1CNC[C@H]1c1ccccc1Cl.O=C(O)C(F)(F)F. The van der Waals surface area contributed by atoms with Crippen LogP contribution in [0.25, 0.3) is 0 Å². The first-order chi connectivity index (χ1) is 11.2. The van der Waals surface area contributed by atoms with Gasteiger partial charge in [-0.25, -0.2) is 4.79 Å². The Hall–Kier alpha value is -1.80. The number of alkyl halides is 3. The highest BCUT2D eigenvalue weighted by molar-refractivity contribution is 6.31. The average molecular weight is 368 g/mol. The third-order valence-corrected chi connectivity index (χ3v) is 3.69. The number of hydrogen-bond donors (Lipinski definition) is 2. The van der Waals surface area contributed by atoms with Crippen molar-refractivity contribution in [1.29, 1.82) is 0 Å². The van der Waals surface area contributed by atoms with Crippen molar-refractivity contribution in [2.75, 3.05) is 19.7 Å². The van der Waals surface area contributed by atoms with Gasteiger partial charge in [-0.15, -0.1) is 0 Å². The van der Waals surface area contributed by atoms with Crippen LogP contribution in [0.5, 0.6) is 0 Å². The molecule has 5 nitrogen and oxygen atoms in total. The summed E-state index contributed by atoms with van der Waals surface area (Å²) in [5, 5.41) is 11.1. The minimum absolute atomic E-state index is 0.114. The monoisotopic (exact) mass is 367 g/mol. The number of carboxylic acid groups (broad SMARTS) is 1. The summed E-state index contributed by atoms with van der Waals surface area (Å²) in [5.74, 6) is -2.91. The molecular formula is C15H17ClF3NO4. The van der Waals surface area contributed by atoms with Crippen LogP contribution in [0.1, 0.15) is 18.4 Å². The Balaban J connectivity index is 0.000000351. The second-order valence-electron chi connectivity index (χ2n) is 4.95. The molecule has 1 aliphatic heterocycles. The molecule has 1 fully saturated rings. The Morgan fingerprint density at radius 2 is 1.92 bits per heavy atom. The van der Waals surface area contributed by atoms with Gasteiger partial charge in [0.25, 0.3) is 0 Å². The second-order valence-corrected chi connectivity index (χ2v) is 5.35. The lowest BCUT2D eigenvalue weighted by Crippen LogP contribution is -2.24. The number of carbonyl (C=O) groups excluding carboxylic acids is 1. The lowest BCUT2D eigenvalue weighted by molar-refractivity contribution is -0.192. The summed E-state index contributed by atoms with van der Waals surface area (Å²) in [7, 11) is 0. The number of halogens is 4. The molecule has 1 saturated heterocycles. The van der Waals surface area contributed by atoms with Crippen LogP contribution in [0.15, 0.2) is 24.3 Å². The summed E-state index contributed by atoms with van der Waals surface area (Å²) in [6.45, 7) is 3.68. The smallest absolute Gasteiger partial charge is 0.475 e. The summed E-state index contributed by atoms with van der Waals surface area (Å²) >= 11 is 6.17. The molecule has 0 spiro atoms. The molecule has 1 aromatic rings. The number of rotatable bonds is 3. The molecule has 2 N–H and O–H groups in total. The third kappa shape index (κ3) is 5.68. The van der Waals surface area contributed by atoms with Gasteiger partial charge >= 0.3 is 18.1 Å². The van der Waals surface area contributed by atoms with Crippen LogP contribution in [0.2, 0.25) is 5.02 Å². The predicted octanol–water partition coefficient (Wildman–Crippen LogP) is 2.84. The van der Waals surface area contributed by atoms with E-state index < -0.39 is 12.1 Å². The standard InChI is InChI=1S/C13H16ClNO2.C2HF3O2/c1-2-17-13(16)11-8-15-7-10(11)9-5-3-4-6-12(9)14;3-2(4,5)1(6)7/h3-6,10-11,15H,2,7-8H2,1H3;(H,6,7)/t10-,11-;/m0./s1. The minimum Gasteiger partial charge on any atom is -0.475 e. The number of esters is 1. The number of aliphatic carboxylic acids is 1. The Kier molecular flexibility index (Phi) is 7.50. The van der Waals surface area contributed by atoms with Gasteiger partial charge in [-0.05, 0) is 18.6 Å². The van der Waals surface area contributed by atoms with Crippen LogP contribution in [0, 0.1) is 5.92 Å². The zero-order valence-electron chi connectivity index (χ0n) is 12.8. The Morgan fingerprint density at radius 3 is 2.42 bits per heavy atom. The summed E-state index contributed by atoms with van der Waals surface area (Å²) < 4.78 is 36.8. The summed E-state index contributed by atoms with van der Waals surface area (Å²) in [5.41, 5.74) is 1.03. The molecule has 24 heavy (non-hydrogen) atoms. The molecule has 1 aromatic carbocycles. The van der Waals surface area contributed by atoms with Gasteiger partial charge in [0.1, 0.15) is 0 Å². The fourth-order valence-electron chi connectivity index (χ4n) is 2.28. The summed E-state index contributed by atoms with van der Waals surface area (Å²) in [4.78, 5) is 20.7. The summed E-state index contributed by atoms with van der Waals surface area (Å²) in [6, 6.07) is 7.68. The number of benzene rings is 1. The van der Waals surface area contributed by atoms with Crippen LogP contribution >= 0.6 is 11.6 Å². The normalized spacial score (nSPS) is 20.0. The van der Waals surface area contributed by atoms with Gasteiger partial charge in [0.2, 0.25) is 0 Å². The molecule has 0 aromatic heterocycles. The van der Waals surface area contributed by atoms with Crippen molar-refractivity contribution in [3.05, 3.63) is 34.9 Å². The van der Waals surface area contributed by atoms with Crippen molar-refractivity contribution in [3.8, 4) is 0 Å². The molecule has 0 aliphatic carbocycles. The molecule has 0 amide bonds. The van der Waals surface area contributed by atoms with Crippen molar-refractivity contribution in [2.45, 2.75) is 19.0 Å². The lowest BCUT2D eigenvalue weighted by atomic mass is 9.89. The van der Waals surface area contributed by atoms with Crippen molar-refractivity contribution < 1.29 is 32.6 Å². The van der Waals surface area contributed by atoms with Crippen molar-refractivity contribution in [1.82, 2.24) is 5.32 Å². The van der Waals surface area contributed by atoms with Gasteiger partial charge in [0.15, 0.2) is 0 Å². The Bertz CT molecular complexity index is 580. The molecule has 0 saturated carbocycles.